The Hall–Kier alpha value is -3.99. The molecule has 0 unspecified atom stereocenters. The molecular formula is C29H33N3O7Si. The van der Waals surface area contributed by atoms with Gasteiger partial charge < -0.3 is 24.1 Å². The van der Waals surface area contributed by atoms with Crippen LogP contribution >= 0.6 is 0 Å². The van der Waals surface area contributed by atoms with Gasteiger partial charge in [0.05, 0.1) is 43.5 Å². The first-order valence-electron chi connectivity index (χ1n) is 13.3. The van der Waals surface area contributed by atoms with Crippen LogP contribution in [-0.4, -0.2) is 47.8 Å². The van der Waals surface area contributed by atoms with Crippen molar-refractivity contribution in [2.24, 2.45) is 0 Å². The first-order valence-corrected chi connectivity index (χ1v) is 16.8. The number of cyclic esters (lactones) is 1. The van der Waals surface area contributed by atoms with Crippen LogP contribution in [0, 0.1) is 0 Å². The zero-order chi connectivity index (χ0) is 29.0. The summed E-state index contributed by atoms with van der Waals surface area (Å²) in [5.41, 5.74) is 2.77. The van der Waals surface area contributed by atoms with Crippen LogP contribution in [0.3, 0.4) is 0 Å². The first-order chi connectivity index (χ1) is 18.7. The van der Waals surface area contributed by atoms with Crippen molar-refractivity contribution in [3.8, 4) is 11.4 Å². The summed E-state index contributed by atoms with van der Waals surface area (Å²) < 4.78 is 17.6. The summed E-state index contributed by atoms with van der Waals surface area (Å²) in [5, 5.41) is 4.83. The summed E-state index contributed by atoms with van der Waals surface area (Å²) in [6.07, 6.45) is -2.25. The number of para-hydroxylation sites is 1. The van der Waals surface area contributed by atoms with Crippen molar-refractivity contribution in [3.05, 3.63) is 57.4 Å². The van der Waals surface area contributed by atoms with Gasteiger partial charge in [0, 0.05) is 12.1 Å². The molecule has 0 saturated heterocycles. The lowest BCUT2D eigenvalue weighted by molar-refractivity contribution is -0.171. The molecular weight excluding hydrogens is 530 g/mol. The fourth-order valence-electron chi connectivity index (χ4n) is 5.30. The van der Waals surface area contributed by atoms with Crippen LogP contribution < -0.4 is 16.1 Å². The topological polar surface area (TPSA) is 126 Å². The molecule has 210 valence electrons. The predicted molar refractivity (Wildman–Crippen MR) is 151 cm³/mol. The molecule has 0 bridgehead atoms. The molecule has 2 aromatic heterocycles. The van der Waals surface area contributed by atoms with Gasteiger partial charge in [0.1, 0.15) is 12.2 Å². The Morgan fingerprint density at radius 2 is 1.88 bits per heavy atom. The van der Waals surface area contributed by atoms with Crippen LogP contribution in [0.5, 0.6) is 0 Å². The molecule has 2 aliphatic heterocycles. The van der Waals surface area contributed by atoms with Crippen LogP contribution in [0.15, 0.2) is 35.1 Å². The second kappa shape index (κ2) is 9.88. The highest BCUT2D eigenvalue weighted by Crippen LogP contribution is 2.36. The number of fused-ring (bicyclic) bond motifs is 5. The number of pyridine rings is 2. The molecule has 0 radical (unpaired) electrons. The van der Waals surface area contributed by atoms with Crippen LogP contribution in [-0.2, 0) is 37.0 Å². The van der Waals surface area contributed by atoms with E-state index in [1.807, 2.05) is 18.2 Å². The molecule has 0 spiro atoms. The SMILES string of the molecule is CC(C)(C)OC(=O)NCCC(=O)O[C@@H]1C(=O)OCc2c1cc1n(c2=O)Cc2c-1nc1ccccc1c2[Si](C)(C)C. The monoisotopic (exact) mass is 563 g/mol. The summed E-state index contributed by atoms with van der Waals surface area (Å²) in [4.78, 5) is 55.9. The predicted octanol–water partition coefficient (Wildman–Crippen LogP) is 3.53. The maximum Gasteiger partial charge on any atom is 0.407 e. The van der Waals surface area contributed by atoms with Gasteiger partial charge in [-0.15, -0.1) is 0 Å². The Balaban J connectivity index is 1.47. The van der Waals surface area contributed by atoms with Gasteiger partial charge in [-0.25, -0.2) is 14.6 Å². The van der Waals surface area contributed by atoms with Crippen LogP contribution in [0.1, 0.15) is 50.0 Å². The van der Waals surface area contributed by atoms with Crippen molar-refractivity contribution in [3.63, 3.8) is 0 Å². The molecule has 1 amide bonds. The molecule has 1 N–H and O–H groups in total. The van der Waals surface area contributed by atoms with Gasteiger partial charge in [-0.2, -0.15) is 0 Å². The van der Waals surface area contributed by atoms with Crippen molar-refractivity contribution in [2.45, 2.75) is 71.7 Å². The average Bonchev–Trinajstić information content (AvgIpc) is 3.20. The van der Waals surface area contributed by atoms with E-state index >= 15 is 0 Å². The lowest BCUT2D eigenvalue weighted by Gasteiger charge is -2.25. The number of carbonyl (C=O) groups excluding carboxylic acids is 3. The van der Waals surface area contributed by atoms with E-state index < -0.39 is 37.8 Å². The highest BCUT2D eigenvalue weighted by molar-refractivity contribution is 6.90. The summed E-state index contributed by atoms with van der Waals surface area (Å²) in [6.45, 7) is 12.1. The standard InChI is InChI=1S/C29H33N3O7Si/c1-29(2,3)39-28(36)30-12-11-22(33)38-24-17-13-21-23-18(14-32(21)26(34)19(17)15-37-27(24)35)25(40(4,5)6)16-9-7-8-10-20(16)31-23/h7-10,13,24H,11-12,14-15H2,1-6H3,(H,30,36)/t24-/m0/s1. The number of hydrogen-bond acceptors (Lipinski definition) is 8. The quantitative estimate of drug-likeness (QED) is 0.222. The van der Waals surface area contributed by atoms with E-state index in [9.17, 15) is 19.2 Å². The molecule has 40 heavy (non-hydrogen) atoms. The van der Waals surface area contributed by atoms with Crippen molar-refractivity contribution in [1.29, 1.82) is 0 Å². The first kappa shape index (κ1) is 27.6. The maximum absolute atomic E-state index is 13.7. The number of benzene rings is 1. The minimum absolute atomic E-state index is 0.0426. The zero-order valence-electron chi connectivity index (χ0n) is 23.5. The molecule has 11 heteroatoms. The summed E-state index contributed by atoms with van der Waals surface area (Å²) >= 11 is 0. The summed E-state index contributed by atoms with van der Waals surface area (Å²) in [5.74, 6) is -1.48. The number of aromatic nitrogens is 2. The Labute approximate surface area is 232 Å². The molecule has 3 aromatic rings. The molecule has 2 aliphatic rings. The average molecular weight is 564 g/mol. The number of rotatable bonds is 5. The Morgan fingerprint density at radius 3 is 2.58 bits per heavy atom. The largest absolute Gasteiger partial charge is 0.458 e. The van der Waals surface area contributed by atoms with Gasteiger partial charge in [-0.05, 0) is 49.0 Å². The molecule has 1 atom stereocenters. The van der Waals surface area contributed by atoms with Crippen molar-refractivity contribution in [1.82, 2.24) is 14.9 Å². The van der Waals surface area contributed by atoms with Crippen LogP contribution in [0.2, 0.25) is 19.6 Å². The van der Waals surface area contributed by atoms with E-state index in [-0.39, 0.29) is 30.7 Å². The number of nitrogens with zero attached hydrogens (tertiary/aromatic N) is 2. The molecule has 0 saturated carbocycles. The number of ether oxygens (including phenoxy) is 3. The molecule has 10 nitrogen and oxygen atoms in total. The van der Waals surface area contributed by atoms with E-state index in [0.717, 1.165) is 16.5 Å². The highest BCUT2D eigenvalue weighted by atomic mass is 28.3. The fraction of sp³-hybridized carbons (Fsp3) is 0.414. The molecule has 0 fully saturated rings. The lowest BCUT2D eigenvalue weighted by Crippen LogP contribution is -2.41. The summed E-state index contributed by atoms with van der Waals surface area (Å²) in [6, 6.07) is 9.71. The Kier molecular flexibility index (Phi) is 6.81. The minimum atomic E-state index is -1.87. The number of carbonyl (C=O) groups is 3. The van der Waals surface area contributed by atoms with Gasteiger partial charge in [-0.1, -0.05) is 37.8 Å². The number of nitrogens with one attached hydrogen (secondary N) is 1. The zero-order valence-corrected chi connectivity index (χ0v) is 24.5. The number of alkyl carbamates (subject to hydrolysis) is 1. The van der Waals surface area contributed by atoms with Crippen molar-refractivity contribution in [2.75, 3.05) is 6.54 Å². The summed E-state index contributed by atoms with van der Waals surface area (Å²) in [7, 11) is -1.87. The minimum Gasteiger partial charge on any atom is -0.458 e. The highest BCUT2D eigenvalue weighted by Gasteiger charge is 2.39. The van der Waals surface area contributed by atoms with E-state index in [0.29, 0.717) is 23.5 Å². The van der Waals surface area contributed by atoms with Gasteiger partial charge in [0.15, 0.2) is 0 Å². The Bertz CT molecular complexity index is 1620. The third kappa shape index (κ3) is 5.13. The van der Waals surface area contributed by atoms with Gasteiger partial charge >= 0.3 is 18.0 Å². The van der Waals surface area contributed by atoms with Gasteiger partial charge in [0.25, 0.3) is 5.56 Å². The molecule has 5 rings (SSSR count). The van der Waals surface area contributed by atoms with E-state index in [1.165, 1.54) is 5.19 Å². The van der Waals surface area contributed by atoms with E-state index in [1.54, 1.807) is 31.4 Å². The maximum atomic E-state index is 13.7. The second-order valence-electron chi connectivity index (χ2n) is 12.1. The van der Waals surface area contributed by atoms with Gasteiger partial charge in [-0.3, -0.25) is 9.59 Å². The van der Waals surface area contributed by atoms with Crippen molar-refractivity contribution < 1.29 is 28.6 Å². The third-order valence-corrected chi connectivity index (χ3v) is 8.91. The van der Waals surface area contributed by atoms with Crippen molar-refractivity contribution >= 4 is 42.2 Å². The molecule has 4 heterocycles. The lowest BCUT2D eigenvalue weighted by atomic mass is 10.00. The normalized spacial score (nSPS) is 16.1. The third-order valence-electron chi connectivity index (χ3n) is 6.84. The number of hydrogen-bond donors (Lipinski definition) is 1. The Morgan fingerprint density at radius 1 is 1.15 bits per heavy atom. The second-order valence-corrected chi connectivity index (χ2v) is 17.1. The molecule has 1 aromatic carbocycles. The number of esters is 2. The van der Waals surface area contributed by atoms with Crippen LogP contribution in [0.25, 0.3) is 22.3 Å². The van der Waals surface area contributed by atoms with Gasteiger partial charge in [0.2, 0.25) is 6.10 Å². The number of amides is 1. The van der Waals surface area contributed by atoms with E-state index in [4.69, 9.17) is 19.2 Å². The fourth-order valence-corrected chi connectivity index (χ4v) is 7.42. The molecule has 0 aliphatic carbocycles. The van der Waals surface area contributed by atoms with Crippen LogP contribution in [0.4, 0.5) is 4.79 Å². The smallest absolute Gasteiger partial charge is 0.407 e. The van der Waals surface area contributed by atoms with E-state index in [2.05, 4.69) is 31.0 Å².